The number of alkyl carbamates (subject to hydrolysis) is 1. The van der Waals surface area contributed by atoms with Gasteiger partial charge in [0.15, 0.2) is 0 Å². The number of hydrogen-bond acceptors (Lipinski definition) is 3. The molecule has 1 aromatic rings. The molecule has 25 heavy (non-hydrogen) atoms. The van der Waals surface area contributed by atoms with Crippen LogP contribution in [0.15, 0.2) is 24.8 Å². The van der Waals surface area contributed by atoms with E-state index in [0.717, 1.165) is 16.9 Å². The summed E-state index contributed by atoms with van der Waals surface area (Å²) in [6.45, 7) is 18.1. The van der Waals surface area contributed by atoms with Crippen LogP contribution in [-0.2, 0) is 11.2 Å². The molecule has 1 heterocycles. The van der Waals surface area contributed by atoms with Gasteiger partial charge in [0, 0.05) is 6.42 Å². The van der Waals surface area contributed by atoms with Crippen LogP contribution < -0.4 is 10.1 Å². The van der Waals surface area contributed by atoms with Crippen molar-refractivity contribution in [3.8, 4) is 5.75 Å². The molecule has 4 nitrogen and oxygen atoms in total. The van der Waals surface area contributed by atoms with Crippen molar-refractivity contribution >= 4 is 6.09 Å². The fourth-order valence-corrected chi connectivity index (χ4v) is 3.47. The van der Waals surface area contributed by atoms with Gasteiger partial charge in [-0.15, -0.1) is 6.58 Å². The van der Waals surface area contributed by atoms with Crippen molar-refractivity contribution in [2.24, 2.45) is 0 Å². The summed E-state index contributed by atoms with van der Waals surface area (Å²) >= 11 is 0. The van der Waals surface area contributed by atoms with Crippen LogP contribution in [0.1, 0.15) is 57.7 Å². The lowest BCUT2D eigenvalue weighted by Crippen LogP contribution is -2.54. The molecule has 0 bridgehead atoms. The van der Waals surface area contributed by atoms with Crippen molar-refractivity contribution in [1.29, 1.82) is 0 Å². The molecule has 0 radical (unpaired) electrons. The number of ether oxygens (including phenoxy) is 2. The molecule has 0 aliphatic carbocycles. The maximum absolute atomic E-state index is 11.9. The van der Waals surface area contributed by atoms with Crippen LogP contribution in [0.5, 0.6) is 5.75 Å². The molecule has 1 aliphatic rings. The first-order valence-corrected chi connectivity index (χ1v) is 8.80. The van der Waals surface area contributed by atoms with Gasteiger partial charge in [0.25, 0.3) is 0 Å². The van der Waals surface area contributed by atoms with Crippen molar-refractivity contribution in [1.82, 2.24) is 5.32 Å². The zero-order valence-corrected chi connectivity index (χ0v) is 16.6. The highest BCUT2D eigenvalue weighted by molar-refractivity contribution is 5.72. The lowest BCUT2D eigenvalue weighted by Gasteiger charge is -2.38. The summed E-state index contributed by atoms with van der Waals surface area (Å²) in [5, 5.41) is 3.02. The quantitative estimate of drug-likeness (QED) is 0.776. The van der Waals surface area contributed by atoms with Crippen molar-refractivity contribution in [3.63, 3.8) is 0 Å². The Morgan fingerprint density at radius 2 is 1.80 bits per heavy atom. The van der Waals surface area contributed by atoms with Crippen LogP contribution in [0.2, 0.25) is 0 Å². The average Bonchev–Trinajstić information content (AvgIpc) is 2.62. The standard InChI is InChI=1S/C21H31NO3/c1-9-10-21(8)20(7,22-18(23)25-21)13-17-14(2)11-16(12-15(17)3)24-19(4,5)6/h9,11-12H,1,10,13H2,2-8H3,(H,22,23)/t20-,21+/m0/s1. The van der Waals surface area contributed by atoms with Gasteiger partial charge in [-0.1, -0.05) is 6.08 Å². The summed E-state index contributed by atoms with van der Waals surface area (Å²) in [5.41, 5.74) is 2.17. The predicted molar refractivity (Wildman–Crippen MR) is 101 cm³/mol. The fraction of sp³-hybridized carbons (Fsp3) is 0.571. The van der Waals surface area contributed by atoms with Crippen LogP contribution in [0.4, 0.5) is 4.79 Å². The lowest BCUT2D eigenvalue weighted by molar-refractivity contribution is 0.0240. The van der Waals surface area contributed by atoms with Crippen molar-refractivity contribution in [3.05, 3.63) is 41.5 Å². The van der Waals surface area contributed by atoms with Gasteiger partial charge in [-0.3, -0.25) is 0 Å². The molecule has 138 valence electrons. The van der Waals surface area contributed by atoms with Crippen LogP contribution >= 0.6 is 0 Å². The molecule has 1 aliphatic heterocycles. The Balaban J connectivity index is 2.36. The number of cyclic esters (lactones) is 1. The fourth-order valence-electron chi connectivity index (χ4n) is 3.47. The Labute approximate surface area is 151 Å². The first-order valence-electron chi connectivity index (χ1n) is 8.80. The first kappa shape index (κ1) is 19.4. The number of aryl methyl sites for hydroxylation is 2. The molecule has 0 unspecified atom stereocenters. The minimum absolute atomic E-state index is 0.234. The number of nitrogens with one attached hydrogen (secondary N) is 1. The molecule has 0 spiro atoms. The first-order chi connectivity index (χ1) is 11.4. The van der Waals surface area contributed by atoms with Crippen LogP contribution in [0, 0.1) is 13.8 Å². The Morgan fingerprint density at radius 1 is 1.24 bits per heavy atom. The van der Waals surface area contributed by atoms with E-state index in [1.807, 2.05) is 34.6 Å². The van der Waals surface area contributed by atoms with E-state index in [1.165, 1.54) is 5.56 Å². The SMILES string of the molecule is C=CC[C@@]1(C)OC(=O)N[C@@]1(C)Cc1c(C)cc(OC(C)(C)C)cc1C. The second-order valence-corrected chi connectivity index (χ2v) is 8.50. The van der Waals surface area contributed by atoms with E-state index in [9.17, 15) is 4.79 Å². The Morgan fingerprint density at radius 3 is 2.28 bits per heavy atom. The van der Waals surface area contributed by atoms with Gasteiger partial charge >= 0.3 is 6.09 Å². The topological polar surface area (TPSA) is 47.6 Å². The monoisotopic (exact) mass is 345 g/mol. The highest BCUT2D eigenvalue weighted by atomic mass is 16.6. The second kappa shape index (κ2) is 6.40. The van der Waals surface area contributed by atoms with E-state index in [-0.39, 0.29) is 11.7 Å². The number of benzene rings is 1. The van der Waals surface area contributed by atoms with Gasteiger partial charge in [0.1, 0.15) is 17.0 Å². The lowest BCUT2D eigenvalue weighted by atomic mass is 9.75. The van der Waals surface area contributed by atoms with E-state index in [0.29, 0.717) is 12.8 Å². The molecule has 1 saturated heterocycles. The number of rotatable bonds is 5. The van der Waals surface area contributed by atoms with E-state index >= 15 is 0 Å². The van der Waals surface area contributed by atoms with Gasteiger partial charge < -0.3 is 14.8 Å². The van der Waals surface area contributed by atoms with Gasteiger partial charge in [-0.05, 0) is 83.7 Å². The molecular weight excluding hydrogens is 314 g/mol. The zero-order chi connectivity index (χ0) is 19.0. The molecule has 0 aromatic heterocycles. The molecule has 4 heteroatoms. The Bertz CT molecular complexity index is 666. The molecule has 1 N–H and O–H groups in total. The normalized spacial score (nSPS) is 26.1. The minimum Gasteiger partial charge on any atom is -0.488 e. The molecule has 2 atom stereocenters. The average molecular weight is 345 g/mol. The van der Waals surface area contributed by atoms with E-state index in [4.69, 9.17) is 9.47 Å². The van der Waals surface area contributed by atoms with Gasteiger partial charge in [-0.25, -0.2) is 4.79 Å². The van der Waals surface area contributed by atoms with Gasteiger partial charge in [-0.2, -0.15) is 0 Å². The largest absolute Gasteiger partial charge is 0.488 e. The summed E-state index contributed by atoms with van der Waals surface area (Å²) in [6.07, 6.45) is 2.73. The van der Waals surface area contributed by atoms with Crippen molar-refractivity contribution in [2.45, 2.75) is 78.0 Å². The molecule has 1 amide bonds. The maximum atomic E-state index is 11.9. The summed E-state index contributed by atoms with van der Waals surface area (Å²) in [5.74, 6) is 0.872. The molecular formula is C21H31NO3. The second-order valence-electron chi connectivity index (χ2n) is 8.50. The number of hydrogen-bond donors (Lipinski definition) is 1. The molecule has 1 fully saturated rings. The summed E-state index contributed by atoms with van der Waals surface area (Å²) in [7, 11) is 0. The zero-order valence-electron chi connectivity index (χ0n) is 16.6. The summed E-state index contributed by atoms with van der Waals surface area (Å²) in [6, 6.07) is 4.14. The Kier molecular flexibility index (Phi) is 4.95. The number of carbonyl (C=O) groups is 1. The Hall–Kier alpha value is -1.97. The van der Waals surface area contributed by atoms with Crippen LogP contribution in [0.25, 0.3) is 0 Å². The van der Waals surface area contributed by atoms with E-state index in [1.54, 1.807) is 6.08 Å². The third-order valence-electron chi connectivity index (χ3n) is 5.02. The summed E-state index contributed by atoms with van der Waals surface area (Å²) in [4.78, 5) is 11.9. The third kappa shape index (κ3) is 4.00. The molecule has 0 saturated carbocycles. The molecule has 2 rings (SSSR count). The highest BCUT2D eigenvalue weighted by Gasteiger charge is 2.53. The number of amides is 1. The smallest absolute Gasteiger partial charge is 0.408 e. The van der Waals surface area contributed by atoms with Crippen LogP contribution in [-0.4, -0.2) is 22.8 Å². The van der Waals surface area contributed by atoms with Gasteiger partial charge in [0.2, 0.25) is 0 Å². The molecule has 1 aromatic carbocycles. The predicted octanol–water partition coefficient (Wildman–Crippen LogP) is 4.86. The maximum Gasteiger partial charge on any atom is 0.408 e. The van der Waals surface area contributed by atoms with Crippen LogP contribution in [0.3, 0.4) is 0 Å². The van der Waals surface area contributed by atoms with Crippen molar-refractivity contribution < 1.29 is 14.3 Å². The number of carbonyl (C=O) groups excluding carboxylic acids is 1. The third-order valence-corrected chi connectivity index (χ3v) is 5.02. The van der Waals surface area contributed by atoms with Crippen molar-refractivity contribution in [2.75, 3.05) is 0 Å². The van der Waals surface area contributed by atoms with E-state index in [2.05, 4.69) is 37.9 Å². The summed E-state index contributed by atoms with van der Waals surface area (Å²) < 4.78 is 11.6. The van der Waals surface area contributed by atoms with Gasteiger partial charge in [0.05, 0.1) is 5.54 Å². The highest BCUT2D eigenvalue weighted by Crippen LogP contribution is 2.39. The van der Waals surface area contributed by atoms with E-state index < -0.39 is 11.1 Å². The minimum atomic E-state index is -0.620.